The van der Waals surface area contributed by atoms with Crippen molar-refractivity contribution < 1.29 is 13.9 Å². The van der Waals surface area contributed by atoms with Crippen LogP contribution in [-0.2, 0) is 24.2 Å². The number of hydrogen-bond acceptors (Lipinski definition) is 4. The molecule has 3 rings (SSSR count). The maximum absolute atomic E-state index is 15.0. The Morgan fingerprint density at radius 1 is 1.19 bits per heavy atom. The van der Waals surface area contributed by atoms with E-state index in [1.54, 1.807) is 57.2 Å². The molecule has 0 unspecified atom stereocenters. The molecule has 0 atom stereocenters. The Labute approximate surface area is 180 Å². The number of imidazole rings is 1. The number of nitrogens with one attached hydrogen (secondary N) is 1. The van der Waals surface area contributed by atoms with E-state index >= 15 is 4.39 Å². The van der Waals surface area contributed by atoms with Crippen molar-refractivity contribution in [2.75, 3.05) is 0 Å². The molecule has 0 aliphatic rings. The number of carbonyl (C=O) groups excluding carboxylic acids is 1. The van der Waals surface area contributed by atoms with Gasteiger partial charge in [0.15, 0.2) is 0 Å². The second kappa shape index (κ2) is 8.89. The molecule has 7 heteroatoms. The van der Waals surface area contributed by atoms with Crippen LogP contribution in [0, 0.1) is 5.82 Å². The number of rotatable bonds is 6. The van der Waals surface area contributed by atoms with Gasteiger partial charge in [-0.15, -0.1) is 0 Å². The summed E-state index contributed by atoms with van der Waals surface area (Å²) in [5.74, 6) is -0.934. The smallest absolute Gasteiger partial charge is 0.339 e. The number of hydrogen-bond donors (Lipinski definition) is 2. The molecule has 0 spiro atoms. The molecule has 6 nitrogen and oxygen atoms in total. The molecule has 0 saturated heterocycles. The van der Waals surface area contributed by atoms with Gasteiger partial charge in [-0.1, -0.05) is 37.3 Å². The maximum atomic E-state index is 15.0. The van der Waals surface area contributed by atoms with Gasteiger partial charge in [-0.2, -0.15) is 0 Å². The number of ether oxygens (including phenoxy) is 1. The van der Waals surface area contributed by atoms with Gasteiger partial charge in [-0.05, 0) is 50.5 Å². The van der Waals surface area contributed by atoms with Gasteiger partial charge < -0.3 is 15.5 Å². The van der Waals surface area contributed by atoms with E-state index in [0.29, 0.717) is 34.4 Å². The molecule has 2 aromatic carbocycles. The van der Waals surface area contributed by atoms with Gasteiger partial charge in [0.05, 0.1) is 17.8 Å². The summed E-state index contributed by atoms with van der Waals surface area (Å²) < 4.78 is 22.0. The number of esters is 1. The van der Waals surface area contributed by atoms with Crippen LogP contribution in [0.4, 0.5) is 4.39 Å². The molecule has 1 aromatic heterocycles. The number of carbonyl (C=O) groups is 1. The molecule has 31 heavy (non-hydrogen) atoms. The number of H-pyrrole nitrogens is 1. The van der Waals surface area contributed by atoms with E-state index in [1.807, 2.05) is 6.92 Å². The highest BCUT2D eigenvalue weighted by atomic mass is 19.1. The van der Waals surface area contributed by atoms with Crippen LogP contribution >= 0.6 is 0 Å². The van der Waals surface area contributed by atoms with Gasteiger partial charge in [0.1, 0.15) is 11.4 Å². The first-order valence-electron chi connectivity index (χ1n) is 10.3. The molecule has 0 fully saturated rings. The van der Waals surface area contributed by atoms with Crippen molar-refractivity contribution in [1.82, 2.24) is 9.55 Å². The van der Waals surface area contributed by atoms with Crippen LogP contribution in [-0.4, -0.2) is 21.1 Å². The molecule has 0 radical (unpaired) electrons. The molecule has 0 aliphatic heterocycles. The van der Waals surface area contributed by atoms with E-state index in [4.69, 9.17) is 10.5 Å². The van der Waals surface area contributed by atoms with Crippen LogP contribution in [0.2, 0.25) is 0 Å². The minimum absolute atomic E-state index is 0.0711. The standard InChI is InChI=1S/C24H28FN3O3/c1-5-20-21(13-26)28(23(30)27-20)14-16-11-10-15(12-19(16)25)17-8-6-7-9-18(17)22(29)31-24(2,3)4/h6-12H,5,13-14,26H2,1-4H3,(H,27,30). The number of aromatic nitrogens is 2. The average Bonchev–Trinajstić information content (AvgIpc) is 3.02. The highest BCUT2D eigenvalue weighted by molar-refractivity contribution is 5.97. The molecule has 3 aromatic rings. The van der Waals surface area contributed by atoms with Crippen molar-refractivity contribution in [3.8, 4) is 11.1 Å². The number of benzene rings is 2. The molecule has 0 bridgehead atoms. The number of halogens is 1. The van der Waals surface area contributed by atoms with Gasteiger partial charge in [-0.3, -0.25) is 4.57 Å². The minimum Gasteiger partial charge on any atom is -0.456 e. The summed E-state index contributed by atoms with van der Waals surface area (Å²) in [4.78, 5) is 27.7. The molecular weight excluding hydrogens is 397 g/mol. The summed E-state index contributed by atoms with van der Waals surface area (Å²) in [6.07, 6.45) is 0.637. The molecule has 1 heterocycles. The lowest BCUT2D eigenvalue weighted by atomic mass is 9.98. The normalized spacial score (nSPS) is 11.5. The third kappa shape index (κ3) is 4.94. The van der Waals surface area contributed by atoms with Crippen molar-refractivity contribution in [3.05, 3.63) is 81.3 Å². The van der Waals surface area contributed by atoms with E-state index in [9.17, 15) is 9.59 Å². The van der Waals surface area contributed by atoms with Gasteiger partial charge in [-0.25, -0.2) is 14.0 Å². The van der Waals surface area contributed by atoms with Crippen LogP contribution in [0.1, 0.15) is 55.0 Å². The first-order valence-corrected chi connectivity index (χ1v) is 10.3. The third-order valence-electron chi connectivity index (χ3n) is 4.96. The van der Waals surface area contributed by atoms with Gasteiger partial charge in [0.25, 0.3) is 0 Å². The summed E-state index contributed by atoms with van der Waals surface area (Å²) in [6.45, 7) is 7.57. The number of nitrogens with two attached hydrogens (primary N) is 1. The Hall–Kier alpha value is -3.19. The highest BCUT2D eigenvalue weighted by Crippen LogP contribution is 2.27. The molecule has 0 amide bonds. The molecular formula is C24H28FN3O3. The van der Waals surface area contributed by atoms with Gasteiger partial charge in [0.2, 0.25) is 0 Å². The zero-order chi connectivity index (χ0) is 22.8. The fraction of sp³-hybridized carbons (Fsp3) is 0.333. The van der Waals surface area contributed by atoms with E-state index < -0.39 is 17.4 Å². The topological polar surface area (TPSA) is 90.1 Å². The predicted octanol–water partition coefficient (Wildman–Crippen LogP) is 4.01. The SMILES string of the molecule is CCc1[nH]c(=O)n(Cc2ccc(-c3ccccc3C(=O)OC(C)(C)C)cc2F)c1CN. The van der Waals surface area contributed by atoms with E-state index in [-0.39, 0.29) is 18.8 Å². The van der Waals surface area contributed by atoms with Crippen LogP contribution in [0.3, 0.4) is 0 Å². The third-order valence-corrected chi connectivity index (χ3v) is 4.96. The first kappa shape index (κ1) is 22.5. The second-order valence-electron chi connectivity index (χ2n) is 8.35. The zero-order valence-electron chi connectivity index (χ0n) is 18.3. The Morgan fingerprint density at radius 3 is 2.52 bits per heavy atom. The molecule has 164 valence electrons. The van der Waals surface area contributed by atoms with Crippen LogP contribution in [0.15, 0.2) is 47.3 Å². The lowest BCUT2D eigenvalue weighted by Gasteiger charge is -2.20. The van der Waals surface area contributed by atoms with E-state index in [2.05, 4.69) is 4.98 Å². The Bertz CT molecular complexity index is 1160. The monoisotopic (exact) mass is 425 g/mol. The van der Waals surface area contributed by atoms with Crippen molar-refractivity contribution in [3.63, 3.8) is 0 Å². The largest absolute Gasteiger partial charge is 0.456 e. The summed E-state index contributed by atoms with van der Waals surface area (Å²) in [5, 5.41) is 0. The lowest BCUT2D eigenvalue weighted by Crippen LogP contribution is -2.24. The Balaban J connectivity index is 1.96. The number of aryl methyl sites for hydroxylation is 1. The quantitative estimate of drug-likeness (QED) is 0.584. The summed E-state index contributed by atoms with van der Waals surface area (Å²) in [6, 6.07) is 11.7. The van der Waals surface area contributed by atoms with E-state index in [0.717, 1.165) is 5.69 Å². The predicted molar refractivity (Wildman–Crippen MR) is 118 cm³/mol. The maximum Gasteiger partial charge on any atom is 0.339 e. The van der Waals surface area contributed by atoms with Crippen molar-refractivity contribution in [2.45, 2.75) is 52.8 Å². The van der Waals surface area contributed by atoms with Gasteiger partial charge in [0, 0.05) is 17.8 Å². The zero-order valence-corrected chi connectivity index (χ0v) is 18.3. The highest BCUT2D eigenvalue weighted by Gasteiger charge is 2.21. The fourth-order valence-electron chi connectivity index (χ4n) is 3.51. The molecule has 0 aliphatic carbocycles. The fourth-order valence-corrected chi connectivity index (χ4v) is 3.51. The summed E-state index contributed by atoms with van der Waals surface area (Å²) >= 11 is 0. The molecule has 3 N–H and O–H groups in total. The second-order valence-corrected chi connectivity index (χ2v) is 8.35. The van der Waals surface area contributed by atoms with Gasteiger partial charge >= 0.3 is 11.7 Å². The van der Waals surface area contributed by atoms with Crippen LogP contribution in [0.5, 0.6) is 0 Å². The van der Waals surface area contributed by atoms with Crippen molar-refractivity contribution >= 4 is 5.97 Å². The van der Waals surface area contributed by atoms with E-state index in [1.165, 1.54) is 10.6 Å². The summed E-state index contributed by atoms with van der Waals surface area (Å²) in [5.41, 5.74) is 8.15. The average molecular weight is 426 g/mol. The number of nitrogens with zero attached hydrogens (tertiary/aromatic N) is 1. The summed E-state index contributed by atoms with van der Waals surface area (Å²) in [7, 11) is 0. The van der Waals surface area contributed by atoms with Crippen molar-refractivity contribution in [1.29, 1.82) is 0 Å². The lowest BCUT2D eigenvalue weighted by molar-refractivity contribution is 0.00704. The first-order chi connectivity index (χ1) is 14.6. The Kier molecular flexibility index (Phi) is 6.45. The number of aromatic amines is 1. The van der Waals surface area contributed by atoms with Crippen LogP contribution < -0.4 is 11.4 Å². The Morgan fingerprint density at radius 2 is 1.90 bits per heavy atom. The molecule has 0 saturated carbocycles. The van der Waals surface area contributed by atoms with Crippen LogP contribution in [0.25, 0.3) is 11.1 Å². The van der Waals surface area contributed by atoms with Crippen molar-refractivity contribution in [2.24, 2.45) is 5.73 Å². The minimum atomic E-state index is -0.638.